The maximum absolute atomic E-state index is 13.6. The topological polar surface area (TPSA) is 116 Å². The number of esters is 1. The predicted molar refractivity (Wildman–Crippen MR) is 145 cm³/mol. The highest BCUT2D eigenvalue weighted by molar-refractivity contribution is 6.35. The van der Waals surface area contributed by atoms with Gasteiger partial charge in [-0.2, -0.15) is 0 Å². The van der Waals surface area contributed by atoms with Gasteiger partial charge in [0.2, 0.25) is 11.8 Å². The Morgan fingerprint density at radius 3 is 2.67 bits per heavy atom. The highest BCUT2D eigenvalue weighted by Crippen LogP contribution is 2.45. The Labute approximate surface area is 232 Å². The first-order chi connectivity index (χ1) is 18.4. The summed E-state index contributed by atoms with van der Waals surface area (Å²) in [6.07, 6.45) is 0.914. The molecule has 39 heavy (non-hydrogen) atoms. The molecule has 210 valence electrons. The van der Waals surface area contributed by atoms with E-state index in [1.165, 1.54) is 12.0 Å². The summed E-state index contributed by atoms with van der Waals surface area (Å²) in [7, 11) is 1.27. The molecule has 1 aromatic heterocycles. The third-order valence-corrected chi connectivity index (χ3v) is 7.01. The molecule has 1 aliphatic heterocycles. The molecular formula is C28H34ClN3O7. The van der Waals surface area contributed by atoms with Crippen molar-refractivity contribution in [3.8, 4) is 11.6 Å². The molecule has 1 aliphatic carbocycles. The van der Waals surface area contributed by atoms with Crippen molar-refractivity contribution in [1.29, 1.82) is 0 Å². The van der Waals surface area contributed by atoms with Crippen molar-refractivity contribution in [1.82, 2.24) is 15.2 Å². The molecule has 2 aliphatic rings. The van der Waals surface area contributed by atoms with Gasteiger partial charge in [-0.15, -0.1) is 6.58 Å². The number of nitrogens with one attached hydrogen (secondary N) is 1. The van der Waals surface area contributed by atoms with E-state index in [2.05, 4.69) is 16.9 Å². The number of hydrogen-bond donors (Lipinski definition) is 1. The van der Waals surface area contributed by atoms with E-state index in [0.717, 1.165) is 0 Å². The molecule has 0 spiro atoms. The second-order valence-corrected chi connectivity index (χ2v) is 11.1. The molecular weight excluding hydrogens is 526 g/mol. The number of amides is 2. The van der Waals surface area contributed by atoms with Crippen LogP contribution in [0.15, 0.2) is 36.9 Å². The molecule has 1 N–H and O–H groups in total. The Hall–Kier alpha value is -3.53. The third-order valence-electron chi connectivity index (χ3n) is 6.70. The van der Waals surface area contributed by atoms with Crippen molar-refractivity contribution in [3.63, 3.8) is 0 Å². The van der Waals surface area contributed by atoms with E-state index in [1.54, 1.807) is 45.0 Å². The van der Waals surface area contributed by atoms with E-state index in [-0.39, 0.29) is 18.9 Å². The van der Waals surface area contributed by atoms with Crippen LogP contribution in [0.4, 0.5) is 4.79 Å². The van der Waals surface area contributed by atoms with E-state index in [9.17, 15) is 14.4 Å². The number of aromatic nitrogens is 1. The minimum atomic E-state index is -1.20. The average molecular weight is 560 g/mol. The lowest BCUT2D eigenvalue weighted by atomic mass is 10.1. The number of carbonyl (C=O) groups excluding carboxylic acids is 3. The molecule has 1 aromatic carbocycles. The number of halogens is 1. The first-order valence-corrected chi connectivity index (χ1v) is 13.2. The smallest absolute Gasteiger partial charge is 0.411 e. The number of ether oxygens (including phenoxy) is 4. The van der Waals surface area contributed by atoms with Gasteiger partial charge in [0, 0.05) is 23.8 Å². The molecule has 11 heteroatoms. The van der Waals surface area contributed by atoms with Crippen LogP contribution in [0.2, 0.25) is 5.02 Å². The van der Waals surface area contributed by atoms with Crippen LogP contribution in [0.25, 0.3) is 10.9 Å². The lowest BCUT2D eigenvalue weighted by Crippen LogP contribution is -2.53. The fourth-order valence-corrected chi connectivity index (χ4v) is 5.02. The Morgan fingerprint density at radius 1 is 1.31 bits per heavy atom. The molecule has 2 amide bonds. The van der Waals surface area contributed by atoms with E-state index >= 15 is 0 Å². The molecule has 1 saturated heterocycles. The summed E-state index contributed by atoms with van der Waals surface area (Å²) < 4.78 is 22.5. The van der Waals surface area contributed by atoms with Crippen LogP contribution in [-0.4, -0.2) is 71.4 Å². The Balaban J connectivity index is 1.63. The van der Waals surface area contributed by atoms with Crippen molar-refractivity contribution in [3.05, 3.63) is 41.9 Å². The largest absolute Gasteiger partial charge is 0.488 e. The average Bonchev–Trinajstić information content (AvgIpc) is 3.42. The maximum Gasteiger partial charge on any atom is 0.411 e. The highest BCUT2D eigenvalue weighted by Gasteiger charge is 2.62. The number of carbonyl (C=O) groups is 3. The molecule has 0 radical (unpaired) electrons. The number of methoxy groups -OCH3 is 1. The van der Waals surface area contributed by atoms with Gasteiger partial charge in [0.05, 0.1) is 30.8 Å². The van der Waals surface area contributed by atoms with E-state index in [4.69, 9.17) is 30.5 Å². The van der Waals surface area contributed by atoms with Gasteiger partial charge in [0.25, 0.3) is 0 Å². The molecule has 1 saturated carbocycles. The van der Waals surface area contributed by atoms with Gasteiger partial charge in [0.1, 0.15) is 29.0 Å². The van der Waals surface area contributed by atoms with Crippen LogP contribution in [0.5, 0.6) is 11.6 Å². The number of rotatable bonds is 8. The number of fused-ring (bicyclic) bond motifs is 1. The lowest BCUT2D eigenvalue weighted by Gasteiger charge is -2.28. The summed E-state index contributed by atoms with van der Waals surface area (Å²) in [5, 5.41) is 3.92. The molecule has 2 fully saturated rings. The molecule has 4 atom stereocenters. The predicted octanol–water partition coefficient (Wildman–Crippen LogP) is 4.28. The van der Waals surface area contributed by atoms with Crippen molar-refractivity contribution in [2.45, 2.75) is 63.8 Å². The summed E-state index contributed by atoms with van der Waals surface area (Å²) in [6, 6.07) is 6.06. The number of para-hydroxylation sites is 1. The van der Waals surface area contributed by atoms with Crippen molar-refractivity contribution < 1.29 is 33.3 Å². The first-order valence-electron chi connectivity index (χ1n) is 12.8. The zero-order valence-corrected chi connectivity index (χ0v) is 23.5. The minimum absolute atomic E-state index is 0.0808. The van der Waals surface area contributed by atoms with Crippen LogP contribution in [0.3, 0.4) is 0 Å². The fourth-order valence-electron chi connectivity index (χ4n) is 4.80. The van der Waals surface area contributed by atoms with Gasteiger partial charge in [-0.3, -0.25) is 9.69 Å². The summed E-state index contributed by atoms with van der Waals surface area (Å²) in [6.45, 7) is 11.3. The van der Waals surface area contributed by atoms with Gasteiger partial charge in [-0.05, 0) is 46.2 Å². The zero-order chi connectivity index (χ0) is 28.5. The molecule has 0 bridgehead atoms. The van der Waals surface area contributed by atoms with Gasteiger partial charge >= 0.3 is 12.1 Å². The van der Waals surface area contributed by atoms with Gasteiger partial charge in [-0.1, -0.05) is 23.7 Å². The Kier molecular flexibility index (Phi) is 7.97. The maximum atomic E-state index is 13.6. The van der Waals surface area contributed by atoms with E-state index in [1.807, 2.05) is 13.0 Å². The quantitative estimate of drug-likeness (QED) is 0.376. The van der Waals surface area contributed by atoms with Gasteiger partial charge < -0.3 is 24.3 Å². The number of benzene rings is 1. The minimum Gasteiger partial charge on any atom is -0.488 e. The van der Waals surface area contributed by atoms with Crippen molar-refractivity contribution in [2.75, 3.05) is 20.3 Å². The van der Waals surface area contributed by atoms with Gasteiger partial charge in [-0.25, -0.2) is 14.6 Å². The van der Waals surface area contributed by atoms with Gasteiger partial charge in [0.15, 0.2) is 0 Å². The Bertz CT molecular complexity index is 1290. The zero-order valence-electron chi connectivity index (χ0n) is 22.8. The Morgan fingerprint density at radius 2 is 2.05 bits per heavy atom. The monoisotopic (exact) mass is 559 g/mol. The molecule has 2 heterocycles. The van der Waals surface area contributed by atoms with Crippen LogP contribution < -0.4 is 14.8 Å². The second-order valence-electron chi connectivity index (χ2n) is 10.7. The standard InChI is InChI=1S/C28H34ClN3O7/c1-7-16-14-28(16,25(34)36-6)31-24(33)20-12-17(15-32(20)26(35)39-27(3,4)5)38-21-13-22(37-8-2)30-23-18(21)10-9-11-19(23)29/h7,9-11,13,16-17,20H,1,8,12,14-15H2,2-6H3,(H,31,33)/t16-,17-,20+,28-/m1/s1. The number of nitrogens with zero attached hydrogens (tertiary/aromatic N) is 2. The van der Waals surface area contributed by atoms with Crippen molar-refractivity contribution in [2.24, 2.45) is 5.92 Å². The fraction of sp³-hybridized carbons (Fsp3) is 0.500. The van der Waals surface area contributed by atoms with Crippen molar-refractivity contribution >= 4 is 40.5 Å². The normalized spacial score (nSPS) is 24.2. The molecule has 2 aromatic rings. The van der Waals surface area contributed by atoms with Crippen LogP contribution >= 0.6 is 11.6 Å². The second kappa shape index (κ2) is 10.9. The van der Waals surface area contributed by atoms with Crippen LogP contribution in [-0.2, 0) is 19.1 Å². The lowest BCUT2D eigenvalue weighted by molar-refractivity contribution is -0.147. The summed E-state index contributed by atoms with van der Waals surface area (Å²) in [5.74, 6) is -0.518. The highest BCUT2D eigenvalue weighted by atomic mass is 35.5. The number of hydrogen-bond acceptors (Lipinski definition) is 8. The first kappa shape index (κ1) is 28.5. The SMILES string of the molecule is C=C[C@@H]1C[C@]1(NC(=O)[C@@H]1C[C@@H](Oc2cc(OCC)nc3c(Cl)cccc23)CN1C(=O)OC(C)(C)C)C(=O)OC. The summed E-state index contributed by atoms with van der Waals surface area (Å²) in [5.41, 5.74) is -1.46. The molecule has 0 unspecified atom stereocenters. The number of likely N-dealkylation sites (tertiary alicyclic amines) is 1. The van der Waals surface area contributed by atoms with E-state index < -0.39 is 41.3 Å². The van der Waals surface area contributed by atoms with Crippen LogP contribution in [0, 0.1) is 5.92 Å². The molecule has 10 nitrogen and oxygen atoms in total. The third kappa shape index (κ3) is 5.90. The van der Waals surface area contributed by atoms with E-state index in [0.29, 0.717) is 40.6 Å². The number of pyridine rings is 1. The summed E-state index contributed by atoms with van der Waals surface area (Å²) in [4.78, 5) is 45.1. The summed E-state index contributed by atoms with van der Waals surface area (Å²) >= 11 is 6.40. The molecule has 4 rings (SSSR count). The van der Waals surface area contributed by atoms with Crippen LogP contribution in [0.1, 0.15) is 40.5 Å².